The Balaban J connectivity index is 2.31. The van der Waals surface area contributed by atoms with E-state index in [1.54, 1.807) is 0 Å². The van der Waals surface area contributed by atoms with Gasteiger partial charge in [-0.1, -0.05) is 13.0 Å². The molecule has 1 aliphatic rings. The van der Waals surface area contributed by atoms with Crippen LogP contribution in [0.15, 0.2) is 12.1 Å². The van der Waals surface area contributed by atoms with Crippen LogP contribution in [0, 0.1) is 13.8 Å². The summed E-state index contributed by atoms with van der Waals surface area (Å²) in [6, 6.07) is 4.09. The fourth-order valence-electron chi connectivity index (χ4n) is 2.47. The Morgan fingerprint density at radius 1 is 1.32 bits per heavy atom. The van der Waals surface area contributed by atoms with E-state index in [0.717, 1.165) is 29.0 Å². The zero-order valence-electron chi connectivity index (χ0n) is 12.1. The van der Waals surface area contributed by atoms with Crippen LogP contribution in [0.5, 0.6) is 0 Å². The Morgan fingerprint density at radius 2 is 2.00 bits per heavy atom. The molecule has 0 spiro atoms. The van der Waals surface area contributed by atoms with Gasteiger partial charge in [-0.05, 0) is 38.0 Å². The first kappa shape index (κ1) is 14.3. The van der Waals surface area contributed by atoms with E-state index < -0.39 is 0 Å². The SMILES string of the molecule is Cc1cc(C)c(C(=O)N2CCSC(C)C2C)cc1N. The van der Waals surface area contributed by atoms with E-state index >= 15 is 0 Å². The topological polar surface area (TPSA) is 46.3 Å². The lowest BCUT2D eigenvalue weighted by atomic mass is 10.0. The molecule has 1 aliphatic heterocycles. The summed E-state index contributed by atoms with van der Waals surface area (Å²) in [6.45, 7) is 9.08. The van der Waals surface area contributed by atoms with Crippen molar-refractivity contribution in [3.63, 3.8) is 0 Å². The Hall–Kier alpha value is -1.16. The van der Waals surface area contributed by atoms with Crippen molar-refractivity contribution < 1.29 is 4.79 Å². The van der Waals surface area contributed by atoms with Crippen molar-refractivity contribution in [1.82, 2.24) is 4.90 Å². The number of carbonyl (C=O) groups is 1. The third-order valence-electron chi connectivity index (χ3n) is 3.99. The van der Waals surface area contributed by atoms with Crippen LogP contribution in [0.25, 0.3) is 0 Å². The van der Waals surface area contributed by atoms with Crippen molar-refractivity contribution in [2.24, 2.45) is 0 Å². The first-order chi connectivity index (χ1) is 8.91. The van der Waals surface area contributed by atoms with Crippen LogP contribution >= 0.6 is 11.8 Å². The Morgan fingerprint density at radius 3 is 2.68 bits per heavy atom. The quantitative estimate of drug-likeness (QED) is 0.804. The van der Waals surface area contributed by atoms with Crippen molar-refractivity contribution in [3.8, 4) is 0 Å². The lowest BCUT2D eigenvalue weighted by molar-refractivity contribution is 0.0697. The number of anilines is 1. The first-order valence-electron chi connectivity index (χ1n) is 6.71. The highest BCUT2D eigenvalue weighted by molar-refractivity contribution is 8.00. The molecule has 4 heteroatoms. The van der Waals surface area contributed by atoms with Crippen LogP contribution in [0.2, 0.25) is 0 Å². The van der Waals surface area contributed by atoms with Gasteiger partial charge in [0.05, 0.1) is 0 Å². The maximum atomic E-state index is 12.7. The molecule has 0 aliphatic carbocycles. The van der Waals surface area contributed by atoms with Crippen LogP contribution in [0.4, 0.5) is 5.69 Å². The van der Waals surface area contributed by atoms with Crippen LogP contribution in [-0.4, -0.2) is 34.4 Å². The summed E-state index contributed by atoms with van der Waals surface area (Å²) in [5.74, 6) is 1.13. The molecule has 3 nitrogen and oxygen atoms in total. The highest BCUT2D eigenvalue weighted by Crippen LogP contribution is 2.27. The predicted molar refractivity (Wildman–Crippen MR) is 82.7 cm³/mol. The van der Waals surface area contributed by atoms with Gasteiger partial charge in [-0.15, -0.1) is 0 Å². The predicted octanol–water partition coefficient (Wildman–Crippen LogP) is 2.85. The van der Waals surface area contributed by atoms with Crippen molar-refractivity contribution in [3.05, 3.63) is 28.8 Å². The third-order valence-corrected chi connectivity index (χ3v) is 5.33. The molecule has 0 radical (unpaired) electrons. The van der Waals surface area contributed by atoms with E-state index in [1.165, 1.54) is 0 Å². The minimum atomic E-state index is 0.115. The molecule has 0 bridgehead atoms. The van der Waals surface area contributed by atoms with Crippen molar-refractivity contribution in [2.75, 3.05) is 18.0 Å². The summed E-state index contributed by atoms with van der Waals surface area (Å²) in [5.41, 5.74) is 9.43. The van der Waals surface area contributed by atoms with E-state index in [1.807, 2.05) is 42.6 Å². The summed E-state index contributed by atoms with van der Waals surface area (Å²) in [7, 11) is 0. The van der Waals surface area contributed by atoms with Crippen molar-refractivity contribution in [1.29, 1.82) is 0 Å². The molecule has 19 heavy (non-hydrogen) atoms. The second kappa shape index (κ2) is 5.45. The fraction of sp³-hybridized carbons (Fsp3) is 0.533. The lowest BCUT2D eigenvalue weighted by Crippen LogP contribution is -2.48. The molecule has 1 amide bonds. The average Bonchev–Trinajstić information content (AvgIpc) is 2.36. The number of nitrogens with zero attached hydrogens (tertiary/aromatic N) is 1. The first-order valence-corrected chi connectivity index (χ1v) is 7.76. The normalized spacial score (nSPS) is 23.5. The van der Waals surface area contributed by atoms with Crippen molar-refractivity contribution in [2.45, 2.75) is 39.0 Å². The average molecular weight is 278 g/mol. The third kappa shape index (κ3) is 2.73. The van der Waals surface area contributed by atoms with Gasteiger partial charge in [0.25, 0.3) is 5.91 Å². The molecule has 2 atom stereocenters. The maximum Gasteiger partial charge on any atom is 0.254 e. The number of hydrogen-bond donors (Lipinski definition) is 1. The molecule has 2 unspecified atom stereocenters. The molecular formula is C15H22N2OS. The highest BCUT2D eigenvalue weighted by Gasteiger charge is 2.30. The molecule has 0 saturated carbocycles. The number of hydrogen-bond acceptors (Lipinski definition) is 3. The van der Waals surface area contributed by atoms with Crippen LogP contribution in [0.1, 0.15) is 35.3 Å². The summed E-state index contributed by atoms with van der Waals surface area (Å²) in [5, 5.41) is 0.487. The van der Waals surface area contributed by atoms with Crippen molar-refractivity contribution >= 4 is 23.4 Å². The van der Waals surface area contributed by atoms with Gasteiger partial charge in [-0.3, -0.25) is 4.79 Å². The molecule has 104 valence electrons. The van der Waals surface area contributed by atoms with Gasteiger partial charge < -0.3 is 10.6 Å². The van der Waals surface area contributed by atoms with Crippen LogP contribution in [-0.2, 0) is 0 Å². The maximum absolute atomic E-state index is 12.7. The summed E-state index contributed by atoms with van der Waals surface area (Å²) in [6.07, 6.45) is 0. The van der Waals surface area contributed by atoms with Gasteiger partial charge >= 0.3 is 0 Å². The van der Waals surface area contributed by atoms with E-state index in [4.69, 9.17) is 5.73 Å². The zero-order chi connectivity index (χ0) is 14.2. The molecule has 0 aromatic heterocycles. The number of thioether (sulfide) groups is 1. The molecule has 2 N–H and O–H groups in total. The Bertz CT molecular complexity index is 501. The Kier molecular flexibility index (Phi) is 4.09. The van der Waals surface area contributed by atoms with Gasteiger partial charge in [0.2, 0.25) is 0 Å². The second-order valence-electron chi connectivity index (χ2n) is 5.34. The summed E-state index contributed by atoms with van der Waals surface area (Å²) < 4.78 is 0. The number of amides is 1. The molecule has 2 rings (SSSR count). The second-order valence-corrected chi connectivity index (χ2v) is 6.82. The van der Waals surface area contributed by atoms with Gasteiger partial charge in [0, 0.05) is 34.8 Å². The number of aryl methyl sites for hydroxylation is 2. The van der Waals surface area contributed by atoms with Gasteiger partial charge in [-0.25, -0.2) is 0 Å². The van der Waals surface area contributed by atoms with Gasteiger partial charge in [0.1, 0.15) is 0 Å². The van der Waals surface area contributed by atoms with E-state index in [-0.39, 0.29) is 11.9 Å². The highest BCUT2D eigenvalue weighted by atomic mass is 32.2. The smallest absolute Gasteiger partial charge is 0.254 e. The van der Waals surface area contributed by atoms with E-state index in [9.17, 15) is 4.79 Å². The molecule has 1 aromatic rings. The van der Waals surface area contributed by atoms with E-state index in [0.29, 0.717) is 10.9 Å². The number of carbonyl (C=O) groups excluding carboxylic acids is 1. The molecular weight excluding hydrogens is 256 g/mol. The van der Waals surface area contributed by atoms with E-state index in [2.05, 4.69) is 13.8 Å². The zero-order valence-corrected chi connectivity index (χ0v) is 12.9. The van der Waals surface area contributed by atoms with Gasteiger partial charge in [-0.2, -0.15) is 11.8 Å². The molecule has 1 fully saturated rings. The Labute approximate surface area is 119 Å². The number of benzene rings is 1. The minimum absolute atomic E-state index is 0.115. The molecule has 1 aromatic carbocycles. The summed E-state index contributed by atoms with van der Waals surface area (Å²) >= 11 is 1.93. The fourth-order valence-corrected chi connectivity index (χ4v) is 3.57. The number of nitrogen functional groups attached to an aromatic ring is 1. The standard InChI is InChI=1S/C15H22N2OS/c1-9-7-10(2)14(16)8-13(9)15(18)17-5-6-19-12(4)11(17)3/h7-8,11-12H,5-6,16H2,1-4H3. The lowest BCUT2D eigenvalue weighted by Gasteiger charge is -2.37. The molecule has 1 heterocycles. The molecule has 1 saturated heterocycles. The van der Waals surface area contributed by atoms with Crippen LogP contribution in [0.3, 0.4) is 0 Å². The largest absolute Gasteiger partial charge is 0.398 e. The number of rotatable bonds is 1. The summed E-state index contributed by atoms with van der Waals surface area (Å²) in [4.78, 5) is 14.7. The number of nitrogens with two attached hydrogens (primary N) is 1. The minimum Gasteiger partial charge on any atom is -0.398 e. The monoisotopic (exact) mass is 278 g/mol. The van der Waals surface area contributed by atoms with Gasteiger partial charge in [0.15, 0.2) is 0 Å². The van der Waals surface area contributed by atoms with Crippen LogP contribution < -0.4 is 5.73 Å².